The lowest BCUT2D eigenvalue weighted by Gasteiger charge is -2.13. The maximum atomic E-state index is 13.1. The van der Waals surface area contributed by atoms with Gasteiger partial charge in [-0.05, 0) is 47.2 Å². The number of carbonyl (C=O) groups is 1. The molecular formula is C27H17F3N2O4. The van der Waals surface area contributed by atoms with E-state index in [-0.39, 0.29) is 23.7 Å². The average Bonchev–Trinajstić information content (AvgIpc) is 2.86. The van der Waals surface area contributed by atoms with Crippen molar-refractivity contribution < 1.29 is 27.1 Å². The van der Waals surface area contributed by atoms with Crippen molar-refractivity contribution in [2.45, 2.75) is 12.8 Å². The second kappa shape index (κ2) is 9.18. The summed E-state index contributed by atoms with van der Waals surface area (Å²) < 4.78 is 50.0. The molecule has 1 N–H and O–H groups in total. The maximum Gasteiger partial charge on any atom is 0.416 e. The maximum absolute atomic E-state index is 13.1. The number of halogens is 3. The van der Waals surface area contributed by atoms with Crippen molar-refractivity contribution in [1.82, 2.24) is 4.98 Å². The summed E-state index contributed by atoms with van der Waals surface area (Å²) in [5.41, 5.74) is -0.474. The van der Waals surface area contributed by atoms with E-state index in [4.69, 9.17) is 9.15 Å². The zero-order valence-electron chi connectivity index (χ0n) is 18.5. The lowest BCUT2D eigenvalue weighted by molar-refractivity contribution is -0.137. The van der Waals surface area contributed by atoms with Crippen molar-refractivity contribution in [2.24, 2.45) is 0 Å². The molecule has 0 fully saturated rings. The molecule has 9 heteroatoms. The van der Waals surface area contributed by atoms with Crippen LogP contribution in [0.5, 0.6) is 0 Å². The molecule has 180 valence electrons. The van der Waals surface area contributed by atoms with E-state index < -0.39 is 23.3 Å². The predicted molar refractivity (Wildman–Crippen MR) is 128 cm³/mol. The summed E-state index contributed by atoms with van der Waals surface area (Å²) in [4.78, 5) is 29.1. The number of esters is 1. The third-order valence-electron chi connectivity index (χ3n) is 5.55. The molecule has 5 aromatic rings. The minimum atomic E-state index is -4.51. The molecule has 0 aliphatic rings. The number of hydrogen-bond donors (Lipinski definition) is 1. The molecule has 0 saturated carbocycles. The molecule has 36 heavy (non-hydrogen) atoms. The third kappa shape index (κ3) is 4.63. The molecule has 3 aromatic carbocycles. The average molecular weight is 490 g/mol. The number of pyridine rings is 1. The highest BCUT2D eigenvalue weighted by molar-refractivity contribution is 6.07. The summed E-state index contributed by atoms with van der Waals surface area (Å²) in [6.07, 6.45) is -3.12. The number of benzene rings is 3. The highest BCUT2D eigenvalue weighted by atomic mass is 19.4. The highest BCUT2D eigenvalue weighted by Crippen LogP contribution is 2.32. The molecule has 0 aliphatic carbocycles. The fraction of sp³-hybridized carbons (Fsp3) is 0.0741. The quantitative estimate of drug-likeness (QED) is 0.173. The van der Waals surface area contributed by atoms with Gasteiger partial charge in [-0.25, -0.2) is 14.6 Å². The number of nitrogens with zero attached hydrogens (tertiary/aromatic N) is 1. The molecule has 0 unspecified atom stereocenters. The molecule has 0 aliphatic heterocycles. The van der Waals surface area contributed by atoms with Crippen LogP contribution >= 0.6 is 0 Å². The van der Waals surface area contributed by atoms with Gasteiger partial charge in [0.05, 0.1) is 5.56 Å². The number of carbonyl (C=O) groups excluding carboxylic acids is 1. The Labute approximate surface area is 202 Å². The number of rotatable bonds is 5. The van der Waals surface area contributed by atoms with Crippen LogP contribution in [0.3, 0.4) is 0 Å². The monoisotopic (exact) mass is 490 g/mol. The SMILES string of the molecule is O=C(OCc1cc(=O)oc2ccc3ccccc3c12)c1cccnc1Nc1cccc(C(F)(F)F)c1. The van der Waals surface area contributed by atoms with E-state index in [9.17, 15) is 22.8 Å². The van der Waals surface area contributed by atoms with Gasteiger partial charge in [0.25, 0.3) is 0 Å². The van der Waals surface area contributed by atoms with Crippen LogP contribution in [0.1, 0.15) is 21.5 Å². The molecule has 0 saturated heterocycles. The van der Waals surface area contributed by atoms with Crippen molar-refractivity contribution in [1.29, 1.82) is 0 Å². The third-order valence-corrected chi connectivity index (χ3v) is 5.55. The van der Waals surface area contributed by atoms with Crippen molar-refractivity contribution in [2.75, 3.05) is 5.32 Å². The molecule has 0 radical (unpaired) electrons. The van der Waals surface area contributed by atoms with Crippen molar-refractivity contribution in [3.8, 4) is 0 Å². The van der Waals surface area contributed by atoms with Gasteiger partial charge in [0, 0.05) is 28.9 Å². The molecular weight excluding hydrogens is 473 g/mol. The van der Waals surface area contributed by atoms with Crippen molar-refractivity contribution >= 4 is 39.2 Å². The van der Waals surface area contributed by atoms with Crippen LogP contribution in [0.2, 0.25) is 0 Å². The Hall–Kier alpha value is -4.66. The molecule has 5 rings (SSSR count). The van der Waals surface area contributed by atoms with Crippen molar-refractivity contribution in [3.63, 3.8) is 0 Å². The normalized spacial score (nSPS) is 11.5. The Morgan fingerprint density at radius 2 is 1.81 bits per heavy atom. The first-order valence-corrected chi connectivity index (χ1v) is 10.8. The smallest absolute Gasteiger partial charge is 0.416 e. The Balaban J connectivity index is 1.43. The Kier molecular flexibility index (Phi) is 5.89. The zero-order chi connectivity index (χ0) is 25.3. The second-order valence-electron chi connectivity index (χ2n) is 7.93. The van der Waals surface area contributed by atoms with E-state index in [0.717, 1.165) is 22.9 Å². The fourth-order valence-corrected chi connectivity index (χ4v) is 3.93. The molecule has 6 nitrogen and oxygen atoms in total. The zero-order valence-corrected chi connectivity index (χ0v) is 18.5. The number of hydrogen-bond acceptors (Lipinski definition) is 6. The number of nitrogens with one attached hydrogen (secondary N) is 1. The topological polar surface area (TPSA) is 81.4 Å². The lowest BCUT2D eigenvalue weighted by Crippen LogP contribution is -2.11. The van der Waals surface area contributed by atoms with Gasteiger partial charge in [0.2, 0.25) is 0 Å². The van der Waals surface area contributed by atoms with E-state index in [1.165, 1.54) is 36.5 Å². The van der Waals surface area contributed by atoms with Crippen LogP contribution in [0.25, 0.3) is 21.7 Å². The van der Waals surface area contributed by atoms with Crippen molar-refractivity contribution in [3.05, 3.63) is 112 Å². The molecule has 0 atom stereocenters. The lowest BCUT2D eigenvalue weighted by atomic mass is 10.0. The van der Waals surface area contributed by atoms with Gasteiger partial charge in [-0.15, -0.1) is 0 Å². The van der Waals surface area contributed by atoms with Gasteiger partial charge < -0.3 is 14.5 Å². The summed E-state index contributed by atoms with van der Waals surface area (Å²) >= 11 is 0. The predicted octanol–water partition coefficient (Wildman–Crippen LogP) is 6.46. The van der Waals surface area contributed by atoms with Gasteiger partial charge in [0.1, 0.15) is 23.6 Å². The number of alkyl halides is 3. The van der Waals surface area contributed by atoms with Crippen LogP contribution in [-0.4, -0.2) is 11.0 Å². The number of ether oxygens (including phenoxy) is 1. The molecule has 2 heterocycles. The number of anilines is 2. The summed E-state index contributed by atoms with van der Waals surface area (Å²) in [7, 11) is 0. The summed E-state index contributed by atoms with van der Waals surface area (Å²) in [5.74, 6) is -0.732. The van der Waals surface area contributed by atoms with Gasteiger partial charge >= 0.3 is 17.8 Å². The first-order valence-electron chi connectivity index (χ1n) is 10.8. The van der Waals surface area contributed by atoms with Crippen LogP contribution < -0.4 is 10.9 Å². The Morgan fingerprint density at radius 1 is 0.972 bits per heavy atom. The highest BCUT2D eigenvalue weighted by Gasteiger charge is 2.30. The fourth-order valence-electron chi connectivity index (χ4n) is 3.93. The Bertz CT molecular complexity index is 1660. The molecule has 0 amide bonds. The number of aromatic nitrogens is 1. The number of fused-ring (bicyclic) bond motifs is 3. The van der Waals surface area contributed by atoms with E-state index in [1.807, 2.05) is 30.3 Å². The summed E-state index contributed by atoms with van der Waals surface area (Å²) in [6, 6.07) is 19.8. The standard InChI is InChI=1S/C27H17F3N2O4/c28-27(29,30)18-6-3-7-19(14-18)32-25-21(9-4-12-31-25)26(34)35-15-17-13-23(33)36-22-11-10-16-5-1-2-8-20(16)24(17)22/h1-14H,15H2,(H,31,32). The van der Waals surface area contributed by atoms with E-state index in [1.54, 1.807) is 6.07 Å². The molecule has 0 bridgehead atoms. The van der Waals surface area contributed by atoms with Crippen LogP contribution in [-0.2, 0) is 17.5 Å². The minimum Gasteiger partial charge on any atom is -0.457 e. The molecule has 2 aromatic heterocycles. The Morgan fingerprint density at radius 3 is 2.64 bits per heavy atom. The van der Waals surface area contributed by atoms with Crippen LogP contribution in [0, 0.1) is 0 Å². The van der Waals surface area contributed by atoms with E-state index in [0.29, 0.717) is 16.5 Å². The van der Waals surface area contributed by atoms with E-state index in [2.05, 4.69) is 10.3 Å². The van der Waals surface area contributed by atoms with Gasteiger partial charge in [-0.3, -0.25) is 0 Å². The largest absolute Gasteiger partial charge is 0.457 e. The summed E-state index contributed by atoms with van der Waals surface area (Å²) in [6.45, 7) is -0.229. The second-order valence-corrected chi connectivity index (χ2v) is 7.93. The van der Waals surface area contributed by atoms with Crippen LogP contribution in [0.15, 0.2) is 94.3 Å². The summed E-state index contributed by atoms with van der Waals surface area (Å²) in [5, 5.41) is 5.15. The minimum absolute atomic E-state index is 0.0204. The van der Waals surface area contributed by atoms with Gasteiger partial charge in [-0.2, -0.15) is 13.2 Å². The molecule has 0 spiro atoms. The van der Waals surface area contributed by atoms with Crippen LogP contribution in [0.4, 0.5) is 24.7 Å². The van der Waals surface area contributed by atoms with E-state index >= 15 is 0 Å². The first kappa shape index (κ1) is 23.1. The first-order chi connectivity index (χ1) is 17.3. The van der Waals surface area contributed by atoms with Gasteiger partial charge in [-0.1, -0.05) is 36.4 Å². The van der Waals surface area contributed by atoms with Gasteiger partial charge in [0.15, 0.2) is 0 Å².